The molecule has 1 heterocycles. The van der Waals surface area contributed by atoms with Crippen LogP contribution in [0.25, 0.3) is 6.08 Å². The molecule has 9 heteroatoms. The Hall–Kier alpha value is -3.73. The largest absolute Gasteiger partial charge is 0.488 e. The molecule has 0 radical (unpaired) electrons. The summed E-state index contributed by atoms with van der Waals surface area (Å²) in [5.74, 6) is -0.766. The highest BCUT2D eigenvalue weighted by Gasteiger charge is 2.35. The predicted octanol–water partition coefficient (Wildman–Crippen LogP) is 5.10. The molecule has 0 aromatic heterocycles. The molecule has 1 fully saturated rings. The Kier molecular flexibility index (Phi) is 7.99. The Morgan fingerprint density at radius 3 is 2.67 bits per heavy atom. The van der Waals surface area contributed by atoms with E-state index >= 15 is 0 Å². The van der Waals surface area contributed by atoms with Crippen molar-refractivity contribution in [3.05, 3.63) is 98.5 Å². The lowest BCUT2D eigenvalue weighted by Crippen LogP contribution is -2.38. The van der Waals surface area contributed by atoms with Crippen molar-refractivity contribution in [2.45, 2.75) is 20.0 Å². The van der Waals surface area contributed by atoms with Gasteiger partial charge in [-0.1, -0.05) is 43.3 Å². The number of para-hydroxylation sites is 1. The summed E-state index contributed by atoms with van der Waals surface area (Å²) in [6.45, 7) is 1.79. The molecular formula is C27H23FIN3O4. The predicted molar refractivity (Wildman–Crippen MR) is 143 cm³/mol. The van der Waals surface area contributed by atoms with Crippen molar-refractivity contribution in [1.82, 2.24) is 10.2 Å². The third kappa shape index (κ3) is 6.09. The van der Waals surface area contributed by atoms with Gasteiger partial charge in [0.1, 0.15) is 30.4 Å². The van der Waals surface area contributed by atoms with E-state index < -0.39 is 24.4 Å². The highest BCUT2D eigenvalue weighted by molar-refractivity contribution is 14.1. The summed E-state index contributed by atoms with van der Waals surface area (Å²) < 4.78 is 19.9. The first-order chi connectivity index (χ1) is 17.3. The number of halogens is 2. The monoisotopic (exact) mass is 599 g/mol. The Morgan fingerprint density at radius 2 is 1.92 bits per heavy atom. The molecule has 1 saturated heterocycles. The lowest BCUT2D eigenvalue weighted by Gasteiger charge is -2.13. The minimum absolute atomic E-state index is 0.0750. The van der Waals surface area contributed by atoms with Crippen molar-refractivity contribution >= 4 is 52.2 Å². The lowest BCUT2D eigenvalue weighted by molar-refractivity contribution is -0.127. The summed E-state index contributed by atoms with van der Waals surface area (Å²) in [5, 5.41) is 5.30. The van der Waals surface area contributed by atoms with E-state index in [1.165, 1.54) is 12.1 Å². The molecule has 0 unspecified atom stereocenters. The number of urea groups is 1. The van der Waals surface area contributed by atoms with Crippen molar-refractivity contribution in [2.75, 3.05) is 11.9 Å². The van der Waals surface area contributed by atoms with Crippen LogP contribution in [0.2, 0.25) is 0 Å². The number of nitrogens with one attached hydrogen (secondary N) is 2. The van der Waals surface area contributed by atoms with E-state index in [9.17, 15) is 18.8 Å². The fourth-order valence-electron chi connectivity index (χ4n) is 3.68. The second-order valence-electron chi connectivity index (χ2n) is 8.05. The number of nitrogens with zero attached hydrogens (tertiary/aromatic N) is 1. The first-order valence-corrected chi connectivity index (χ1v) is 12.3. The van der Waals surface area contributed by atoms with Crippen molar-refractivity contribution in [1.29, 1.82) is 0 Å². The quantitative estimate of drug-likeness (QED) is 0.214. The lowest BCUT2D eigenvalue weighted by atomic mass is 10.1. The zero-order valence-corrected chi connectivity index (χ0v) is 21.5. The molecule has 1 aliphatic heterocycles. The highest BCUT2D eigenvalue weighted by Crippen LogP contribution is 2.25. The molecule has 184 valence electrons. The molecular weight excluding hydrogens is 576 g/mol. The normalized spacial score (nSPS) is 14.2. The van der Waals surface area contributed by atoms with Crippen LogP contribution in [0.15, 0.2) is 72.4 Å². The number of amides is 4. The van der Waals surface area contributed by atoms with Gasteiger partial charge in [0.05, 0.1) is 3.57 Å². The topological polar surface area (TPSA) is 87.7 Å². The first-order valence-electron chi connectivity index (χ1n) is 11.2. The third-order valence-electron chi connectivity index (χ3n) is 5.49. The molecule has 0 saturated carbocycles. The number of aryl methyl sites for hydroxylation is 1. The van der Waals surface area contributed by atoms with Gasteiger partial charge in [-0.3, -0.25) is 9.59 Å². The molecule has 36 heavy (non-hydrogen) atoms. The summed E-state index contributed by atoms with van der Waals surface area (Å²) in [6.07, 6.45) is 2.28. The Bertz CT molecular complexity index is 1360. The van der Waals surface area contributed by atoms with Crippen LogP contribution in [-0.4, -0.2) is 29.3 Å². The average molecular weight is 599 g/mol. The fourth-order valence-corrected chi connectivity index (χ4v) is 4.37. The maximum absolute atomic E-state index is 13.4. The number of hydrogen-bond donors (Lipinski definition) is 2. The van der Waals surface area contributed by atoms with Crippen LogP contribution in [0, 0.1) is 9.39 Å². The highest BCUT2D eigenvalue weighted by atomic mass is 127. The van der Waals surface area contributed by atoms with E-state index in [1.54, 1.807) is 42.5 Å². The number of imide groups is 1. The van der Waals surface area contributed by atoms with Gasteiger partial charge in [0.15, 0.2) is 0 Å². The van der Waals surface area contributed by atoms with Crippen molar-refractivity contribution in [2.24, 2.45) is 0 Å². The second kappa shape index (κ2) is 11.3. The molecule has 3 aromatic carbocycles. The average Bonchev–Trinajstić information content (AvgIpc) is 3.11. The van der Waals surface area contributed by atoms with Crippen LogP contribution in [-0.2, 0) is 22.6 Å². The van der Waals surface area contributed by atoms with E-state index in [1.807, 2.05) is 25.1 Å². The second-order valence-corrected chi connectivity index (χ2v) is 9.21. The maximum atomic E-state index is 13.4. The van der Waals surface area contributed by atoms with Gasteiger partial charge in [-0.15, -0.1) is 0 Å². The fraction of sp³-hybridized carbons (Fsp3) is 0.148. The summed E-state index contributed by atoms with van der Waals surface area (Å²) in [4.78, 5) is 38.6. The van der Waals surface area contributed by atoms with Crippen LogP contribution in [0.4, 0.5) is 14.9 Å². The van der Waals surface area contributed by atoms with E-state index in [0.29, 0.717) is 22.6 Å². The zero-order chi connectivity index (χ0) is 25.7. The molecule has 1 aliphatic rings. The number of benzene rings is 3. The molecule has 0 aliphatic carbocycles. The summed E-state index contributed by atoms with van der Waals surface area (Å²) >= 11 is 2.10. The summed E-state index contributed by atoms with van der Waals surface area (Å²) in [5.41, 5.74) is 3.07. The molecule has 0 bridgehead atoms. The number of ether oxygens (including phenoxy) is 1. The van der Waals surface area contributed by atoms with Gasteiger partial charge in [0.25, 0.3) is 5.91 Å². The first kappa shape index (κ1) is 25.4. The SMILES string of the molecule is CCc1ccccc1NC(=O)CN1C(=O)N/C(=C/c2ccc(OCc3cccc(F)c3)c(I)c2)C1=O. The minimum Gasteiger partial charge on any atom is -0.488 e. The van der Waals surface area contributed by atoms with Crippen molar-refractivity contribution in [3.63, 3.8) is 0 Å². The maximum Gasteiger partial charge on any atom is 0.329 e. The van der Waals surface area contributed by atoms with E-state index in [-0.39, 0.29) is 18.1 Å². The standard InChI is InChI=1S/C27H23FIN3O4/c1-2-19-7-3-4-9-22(19)30-25(33)15-32-26(34)23(31-27(32)35)14-17-10-11-24(21(29)13-17)36-16-18-6-5-8-20(28)12-18/h3-14H,2,15-16H2,1H3,(H,30,33)(H,31,35)/b23-14+. The molecule has 0 spiro atoms. The molecule has 7 nitrogen and oxygen atoms in total. The van der Waals surface area contributed by atoms with Crippen molar-refractivity contribution < 1.29 is 23.5 Å². The summed E-state index contributed by atoms with van der Waals surface area (Å²) in [6, 6.07) is 18.2. The Morgan fingerprint density at radius 1 is 1.11 bits per heavy atom. The van der Waals surface area contributed by atoms with E-state index in [4.69, 9.17) is 4.74 Å². The van der Waals surface area contributed by atoms with E-state index in [2.05, 4.69) is 33.2 Å². The van der Waals surface area contributed by atoms with Gasteiger partial charge >= 0.3 is 6.03 Å². The number of rotatable bonds is 8. The van der Waals surface area contributed by atoms with Gasteiger partial charge < -0.3 is 15.4 Å². The van der Waals surface area contributed by atoms with Crippen LogP contribution < -0.4 is 15.4 Å². The van der Waals surface area contributed by atoms with Gasteiger partial charge in [-0.05, 0) is 82.1 Å². The Balaban J connectivity index is 1.40. The molecule has 2 N–H and O–H groups in total. The van der Waals surface area contributed by atoms with Gasteiger partial charge in [0.2, 0.25) is 5.91 Å². The van der Waals surface area contributed by atoms with Gasteiger partial charge in [0, 0.05) is 5.69 Å². The van der Waals surface area contributed by atoms with Gasteiger partial charge in [-0.2, -0.15) is 0 Å². The zero-order valence-electron chi connectivity index (χ0n) is 19.4. The van der Waals surface area contributed by atoms with Crippen LogP contribution in [0.1, 0.15) is 23.6 Å². The minimum atomic E-state index is -0.657. The third-order valence-corrected chi connectivity index (χ3v) is 6.33. The van der Waals surface area contributed by atoms with Crippen molar-refractivity contribution in [3.8, 4) is 5.75 Å². The molecule has 4 rings (SSSR count). The molecule has 0 atom stereocenters. The smallest absolute Gasteiger partial charge is 0.329 e. The van der Waals surface area contributed by atoms with Crippen LogP contribution >= 0.6 is 22.6 Å². The number of carbonyl (C=O) groups excluding carboxylic acids is 3. The number of carbonyl (C=O) groups is 3. The molecule has 3 aromatic rings. The van der Waals surface area contributed by atoms with Crippen LogP contribution in [0.3, 0.4) is 0 Å². The number of hydrogen-bond acceptors (Lipinski definition) is 4. The number of anilines is 1. The van der Waals surface area contributed by atoms with Gasteiger partial charge in [-0.25, -0.2) is 14.1 Å². The molecule has 4 amide bonds. The van der Waals surface area contributed by atoms with E-state index in [0.717, 1.165) is 20.5 Å². The van der Waals surface area contributed by atoms with Crippen LogP contribution in [0.5, 0.6) is 5.75 Å². The Labute approximate surface area is 221 Å². The summed E-state index contributed by atoms with van der Waals surface area (Å²) in [7, 11) is 0.